The molecule has 0 aliphatic carbocycles. The van der Waals surface area contributed by atoms with E-state index in [1.54, 1.807) is 0 Å². The molecule has 0 spiro atoms. The van der Waals surface area contributed by atoms with Crippen LogP contribution in [0.5, 0.6) is 5.75 Å². The lowest BCUT2D eigenvalue weighted by molar-refractivity contribution is -0.147. The van der Waals surface area contributed by atoms with E-state index < -0.39 is 51.9 Å². The predicted molar refractivity (Wildman–Crippen MR) is 107 cm³/mol. The van der Waals surface area contributed by atoms with Crippen molar-refractivity contribution in [2.75, 3.05) is 24.7 Å². The zero-order valence-electron chi connectivity index (χ0n) is 16.6. The fourth-order valence-corrected chi connectivity index (χ4v) is 2.90. The van der Waals surface area contributed by atoms with Gasteiger partial charge in [-0.2, -0.15) is 13.2 Å². The minimum Gasteiger partial charge on any atom is -0.505 e. The van der Waals surface area contributed by atoms with Gasteiger partial charge in [-0.05, 0) is 30.7 Å². The number of rotatable bonds is 6. The van der Waals surface area contributed by atoms with E-state index in [1.165, 1.54) is 44.1 Å². The van der Waals surface area contributed by atoms with Crippen molar-refractivity contribution in [3.05, 3.63) is 67.9 Å². The number of aryl methyl sites for hydroxylation is 1. The van der Waals surface area contributed by atoms with Crippen molar-refractivity contribution in [2.45, 2.75) is 19.1 Å². The molecule has 0 radical (unpaired) electrons. The number of para-hydroxylation sites is 1. The van der Waals surface area contributed by atoms with Crippen LogP contribution in [-0.2, 0) is 0 Å². The second kappa shape index (κ2) is 7.82. The van der Waals surface area contributed by atoms with E-state index in [1.807, 2.05) is 5.32 Å². The lowest BCUT2D eigenvalue weighted by atomic mass is 10.1. The number of alkyl halides is 3. The summed E-state index contributed by atoms with van der Waals surface area (Å²) in [4.78, 5) is 37.3. The average Bonchev–Trinajstić information content (AvgIpc) is 3.12. The van der Waals surface area contributed by atoms with Crippen LogP contribution < -0.4 is 21.5 Å². The van der Waals surface area contributed by atoms with Crippen LogP contribution >= 0.6 is 0 Å². The van der Waals surface area contributed by atoms with Crippen molar-refractivity contribution in [2.24, 2.45) is 0 Å². The summed E-state index contributed by atoms with van der Waals surface area (Å²) in [5, 5.41) is 14.8. The molecule has 0 fully saturated rings. The van der Waals surface area contributed by atoms with E-state index in [9.17, 15) is 32.7 Å². The van der Waals surface area contributed by atoms with E-state index in [2.05, 4.69) is 5.32 Å². The van der Waals surface area contributed by atoms with Crippen molar-refractivity contribution in [3.63, 3.8) is 0 Å². The van der Waals surface area contributed by atoms with E-state index >= 15 is 0 Å². The standard InChI is InChI=1S/C20H18F3N3O5/c1-9-7-12(31-8-9)18(20(21,22)23)25-14-13(16(28)17(14)29)24-11-6-4-5-10(15(11)27)19(30)26(2)3/h4-8,18,24-25,27H,1-3H3/t18-/m0/s1. The van der Waals surface area contributed by atoms with Crippen molar-refractivity contribution >= 4 is 23.0 Å². The van der Waals surface area contributed by atoms with Crippen LogP contribution in [0, 0.1) is 6.92 Å². The number of nitrogens with one attached hydrogen (secondary N) is 2. The molecule has 31 heavy (non-hydrogen) atoms. The smallest absolute Gasteiger partial charge is 0.415 e. The van der Waals surface area contributed by atoms with Crippen molar-refractivity contribution in [1.29, 1.82) is 0 Å². The number of halogens is 3. The Morgan fingerprint density at radius 2 is 1.81 bits per heavy atom. The molecule has 1 heterocycles. The van der Waals surface area contributed by atoms with Crippen LogP contribution in [0.3, 0.4) is 0 Å². The van der Waals surface area contributed by atoms with Crippen LogP contribution in [0.1, 0.15) is 27.7 Å². The number of phenolic OH excluding ortho intramolecular Hbond substituents is 1. The van der Waals surface area contributed by atoms with Crippen molar-refractivity contribution < 1.29 is 27.5 Å². The van der Waals surface area contributed by atoms with Gasteiger partial charge in [0.2, 0.25) is 0 Å². The molecule has 0 saturated carbocycles. The quantitative estimate of drug-likeness (QED) is 0.401. The lowest BCUT2D eigenvalue weighted by Crippen LogP contribution is -2.40. The maximum atomic E-state index is 13.6. The summed E-state index contributed by atoms with van der Waals surface area (Å²) in [5.41, 5.74) is -3.07. The van der Waals surface area contributed by atoms with Gasteiger partial charge in [-0.3, -0.25) is 14.4 Å². The summed E-state index contributed by atoms with van der Waals surface area (Å²) in [6, 6.07) is 2.83. The second-order valence-corrected chi connectivity index (χ2v) is 7.08. The van der Waals surface area contributed by atoms with Gasteiger partial charge in [0, 0.05) is 14.1 Å². The van der Waals surface area contributed by atoms with E-state index in [0.717, 1.165) is 12.3 Å². The third-order valence-corrected chi connectivity index (χ3v) is 4.49. The Kier molecular flexibility index (Phi) is 5.53. The Morgan fingerprint density at radius 3 is 2.35 bits per heavy atom. The molecule has 0 aliphatic heterocycles. The zero-order chi connectivity index (χ0) is 23.1. The molecule has 8 nitrogen and oxygen atoms in total. The molecule has 0 aliphatic rings. The van der Waals surface area contributed by atoms with Gasteiger partial charge in [0.25, 0.3) is 16.8 Å². The number of carbonyl (C=O) groups excluding carboxylic acids is 1. The number of amides is 1. The van der Waals surface area contributed by atoms with Gasteiger partial charge in [-0.25, -0.2) is 0 Å². The number of benzene rings is 1. The molecule has 1 aromatic heterocycles. The highest BCUT2D eigenvalue weighted by atomic mass is 19.4. The minimum atomic E-state index is -4.83. The lowest BCUT2D eigenvalue weighted by Gasteiger charge is -2.23. The van der Waals surface area contributed by atoms with Crippen molar-refractivity contribution in [1.82, 2.24) is 4.90 Å². The molecule has 164 valence electrons. The molecule has 11 heteroatoms. The van der Waals surface area contributed by atoms with Crippen LogP contribution in [0.25, 0.3) is 0 Å². The Morgan fingerprint density at radius 1 is 1.16 bits per heavy atom. The Labute approximate surface area is 173 Å². The molecule has 3 N–H and O–H groups in total. The first kappa shape index (κ1) is 21.9. The van der Waals surface area contributed by atoms with Crippen LogP contribution in [-0.4, -0.2) is 36.2 Å². The number of carbonyl (C=O) groups is 1. The summed E-state index contributed by atoms with van der Waals surface area (Å²) in [5.74, 6) is -1.53. The highest BCUT2D eigenvalue weighted by molar-refractivity contribution is 5.99. The average molecular weight is 437 g/mol. The second-order valence-electron chi connectivity index (χ2n) is 7.08. The van der Waals surface area contributed by atoms with Gasteiger partial charge >= 0.3 is 6.18 Å². The monoisotopic (exact) mass is 437 g/mol. The SMILES string of the molecule is Cc1coc([C@H](Nc2c(Nc3cccc(C(=O)N(C)C)c3O)c(=O)c2=O)C(F)(F)F)c1. The van der Waals surface area contributed by atoms with Gasteiger partial charge in [-0.1, -0.05) is 6.07 Å². The first-order chi connectivity index (χ1) is 14.4. The third-order valence-electron chi connectivity index (χ3n) is 4.49. The normalized spacial score (nSPS) is 12.6. The molecule has 1 atom stereocenters. The minimum absolute atomic E-state index is 0.0950. The first-order valence-corrected chi connectivity index (χ1v) is 8.94. The maximum Gasteiger partial charge on any atom is 0.415 e. The fourth-order valence-electron chi connectivity index (χ4n) is 2.90. The van der Waals surface area contributed by atoms with E-state index in [0.29, 0.717) is 5.56 Å². The molecular weight excluding hydrogens is 419 g/mol. The summed E-state index contributed by atoms with van der Waals surface area (Å²) >= 11 is 0. The number of anilines is 3. The van der Waals surface area contributed by atoms with Gasteiger partial charge in [0.05, 0.1) is 17.5 Å². The molecule has 3 aromatic rings. The van der Waals surface area contributed by atoms with Gasteiger partial charge < -0.3 is 25.1 Å². The summed E-state index contributed by atoms with van der Waals surface area (Å²) < 4.78 is 45.6. The maximum absolute atomic E-state index is 13.6. The van der Waals surface area contributed by atoms with E-state index in [-0.39, 0.29) is 11.3 Å². The number of nitrogens with zero attached hydrogens (tertiary/aromatic N) is 1. The predicted octanol–water partition coefficient (Wildman–Crippen LogP) is 3.05. The summed E-state index contributed by atoms with van der Waals surface area (Å²) in [6.45, 7) is 1.54. The fraction of sp³-hybridized carbons (Fsp3) is 0.250. The van der Waals surface area contributed by atoms with Crippen molar-refractivity contribution in [3.8, 4) is 5.75 Å². The molecular formula is C20H18F3N3O5. The van der Waals surface area contributed by atoms with Gasteiger partial charge in [0.15, 0.2) is 11.8 Å². The summed E-state index contributed by atoms with van der Waals surface area (Å²) in [6.07, 6.45) is -3.70. The molecule has 3 rings (SSSR count). The number of hydrogen-bond acceptors (Lipinski definition) is 7. The summed E-state index contributed by atoms with van der Waals surface area (Å²) in [7, 11) is 2.93. The van der Waals surface area contributed by atoms with Gasteiger partial charge in [-0.15, -0.1) is 0 Å². The number of phenols is 1. The number of furan rings is 1. The van der Waals surface area contributed by atoms with E-state index in [4.69, 9.17) is 4.42 Å². The zero-order valence-corrected chi connectivity index (χ0v) is 16.6. The number of hydrogen-bond donors (Lipinski definition) is 3. The molecule has 1 amide bonds. The molecule has 0 unspecified atom stereocenters. The molecule has 0 bridgehead atoms. The third kappa shape index (κ3) is 4.11. The van der Waals surface area contributed by atoms with Gasteiger partial charge in [0.1, 0.15) is 17.1 Å². The van der Waals surface area contributed by atoms with Crippen LogP contribution in [0.4, 0.5) is 30.2 Å². The molecule has 2 aromatic carbocycles. The highest BCUT2D eigenvalue weighted by Gasteiger charge is 2.44. The van der Waals surface area contributed by atoms with Crippen LogP contribution in [0.2, 0.25) is 0 Å². The first-order valence-electron chi connectivity index (χ1n) is 8.94. The highest BCUT2D eigenvalue weighted by Crippen LogP contribution is 2.38. The Hall–Kier alpha value is -3.76. The van der Waals surface area contributed by atoms with Crippen LogP contribution in [0.15, 0.2) is 44.5 Å². The molecule has 0 saturated heterocycles. The topological polar surface area (TPSA) is 112 Å². The Balaban J connectivity index is 1.96. The Bertz CT molecular complexity index is 1210. The number of aromatic hydroxyl groups is 1. The largest absolute Gasteiger partial charge is 0.505 e.